The van der Waals surface area contributed by atoms with Crippen molar-refractivity contribution in [2.45, 2.75) is 26.4 Å². The van der Waals surface area contributed by atoms with Gasteiger partial charge in [0.25, 0.3) is 5.91 Å². The summed E-state index contributed by atoms with van der Waals surface area (Å²) in [6.07, 6.45) is 0. The number of amides is 1. The Balaban J connectivity index is 1.98. The van der Waals surface area contributed by atoms with Crippen molar-refractivity contribution in [2.75, 3.05) is 19.7 Å². The van der Waals surface area contributed by atoms with Crippen molar-refractivity contribution in [2.24, 2.45) is 0 Å². The molecule has 1 aromatic rings. The minimum atomic E-state index is -1.01. The highest BCUT2D eigenvalue weighted by molar-refractivity contribution is 5.95. The Morgan fingerprint density at radius 3 is 2.60 bits per heavy atom. The summed E-state index contributed by atoms with van der Waals surface area (Å²) in [5.74, 6) is -1.10. The third-order valence-corrected chi connectivity index (χ3v) is 3.34. The van der Waals surface area contributed by atoms with Gasteiger partial charge in [0.1, 0.15) is 12.2 Å². The zero-order valence-corrected chi connectivity index (χ0v) is 11.8. The maximum Gasteiger partial charge on any atom is 0.329 e. The monoisotopic (exact) mass is 278 g/mol. The molecule has 0 aliphatic carbocycles. The van der Waals surface area contributed by atoms with E-state index in [1.807, 2.05) is 6.92 Å². The highest BCUT2D eigenvalue weighted by Crippen LogP contribution is 2.26. The maximum absolute atomic E-state index is 12.3. The number of carboxylic acids is 1. The number of nitrogens with zero attached hydrogens (tertiary/aromatic N) is 2. The highest BCUT2D eigenvalue weighted by atomic mass is 16.5. The van der Waals surface area contributed by atoms with E-state index >= 15 is 0 Å². The van der Waals surface area contributed by atoms with Gasteiger partial charge in [0.2, 0.25) is 0 Å². The molecule has 1 aromatic heterocycles. The number of likely N-dealkylation sites (tertiary alicyclic amines) is 1. The lowest BCUT2D eigenvalue weighted by Crippen LogP contribution is -2.63. The normalized spacial score (nSPS) is 16.6. The average Bonchev–Trinajstić information content (AvgIpc) is 2.32. The second kappa shape index (κ2) is 5.20. The first-order valence-electron chi connectivity index (χ1n) is 6.40. The van der Waals surface area contributed by atoms with E-state index in [9.17, 15) is 9.59 Å². The van der Waals surface area contributed by atoms with Crippen LogP contribution in [-0.2, 0) is 9.53 Å². The average molecular weight is 278 g/mol. The van der Waals surface area contributed by atoms with Crippen molar-refractivity contribution in [3.05, 3.63) is 29.1 Å². The zero-order valence-electron chi connectivity index (χ0n) is 11.8. The fraction of sp³-hybridized carbons (Fsp3) is 0.500. The molecule has 20 heavy (non-hydrogen) atoms. The number of hydrogen-bond donors (Lipinski definition) is 1. The number of pyridine rings is 1. The summed E-state index contributed by atoms with van der Waals surface area (Å²) >= 11 is 0. The van der Waals surface area contributed by atoms with Crippen molar-refractivity contribution in [1.82, 2.24) is 9.88 Å². The van der Waals surface area contributed by atoms with Crippen LogP contribution in [0.2, 0.25) is 0 Å². The SMILES string of the molecule is Cc1ccc(C(=O)N2CC(C)(OCC(=O)O)C2)c(C)n1. The molecule has 2 rings (SSSR count). The van der Waals surface area contributed by atoms with Crippen LogP contribution in [0.1, 0.15) is 28.7 Å². The van der Waals surface area contributed by atoms with Gasteiger partial charge in [-0.1, -0.05) is 0 Å². The van der Waals surface area contributed by atoms with Gasteiger partial charge < -0.3 is 14.7 Å². The van der Waals surface area contributed by atoms with Crippen LogP contribution in [0.25, 0.3) is 0 Å². The largest absolute Gasteiger partial charge is 0.480 e. The first kappa shape index (κ1) is 14.5. The van der Waals surface area contributed by atoms with Gasteiger partial charge in [0.05, 0.1) is 24.3 Å². The molecule has 108 valence electrons. The maximum atomic E-state index is 12.3. The lowest BCUT2D eigenvalue weighted by atomic mass is 9.95. The van der Waals surface area contributed by atoms with Crippen LogP contribution in [0.4, 0.5) is 0 Å². The number of aryl methyl sites for hydroxylation is 2. The van der Waals surface area contributed by atoms with Crippen LogP contribution in [0, 0.1) is 13.8 Å². The van der Waals surface area contributed by atoms with Gasteiger partial charge in [-0.15, -0.1) is 0 Å². The first-order chi connectivity index (χ1) is 9.31. The molecule has 0 unspecified atom stereocenters. The summed E-state index contributed by atoms with van der Waals surface area (Å²) in [4.78, 5) is 28.7. The number of aliphatic carboxylic acids is 1. The van der Waals surface area contributed by atoms with Crippen LogP contribution < -0.4 is 0 Å². The molecule has 2 heterocycles. The molecule has 0 saturated carbocycles. The van der Waals surface area contributed by atoms with Gasteiger partial charge in [-0.3, -0.25) is 9.78 Å². The summed E-state index contributed by atoms with van der Waals surface area (Å²) in [7, 11) is 0. The van der Waals surface area contributed by atoms with Crippen molar-refractivity contribution in [3.8, 4) is 0 Å². The predicted octanol–water partition coefficient (Wildman–Crippen LogP) is 1.01. The highest BCUT2D eigenvalue weighted by Gasteiger charge is 2.43. The Morgan fingerprint density at radius 1 is 1.40 bits per heavy atom. The number of rotatable bonds is 4. The molecule has 0 radical (unpaired) electrons. The number of hydrogen-bond acceptors (Lipinski definition) is 4. The Hall–Kier alpha value is -1.95. The molecular formula is C14H18N2O4. The molecule has 0 spiro atoms. The molecule has 6 heteroatoms. The predicted molar refractivity (Wildman–Crippen MR) is 71.6 cm³/mol. The fourth-order valence-corrected chi connectivity index (χ4v) is 2.31. The quantitative estimate of drug-likeness (QED) is 0.889. The molecule has 1 aliphatic heterocycles. The Labute approximate surface area is 117 Å². The van der Waals surface area contributed by atoms with Crippen LogP contribution >= 0.6 is 0 Å². The third-order valence-electron chi connectivity index (χ3n) is 3.34. The van der Waals surface area contributed by atoms with Crippen LogP contribution in [0.3, 0.4) is 0 Å². The van der Waals surface area contributed by atoms with E-state index in [4.69, 9.17) is 9.84 Å². The molecule has 0 atom stereocenters. The third kappa shape index (κ3) is 2.96. The van der Waals surface area contributed by atoms with Gasteiger partial charge in [-0.25, -0.2) is 4.79 Å². The van der Waals surface area contributed by atoms with Crippen molar-refractivity contribution < 1.29 is 19.4 Å². The van der Waals surface area contributed by atoms with E-state index in [2.05, 4.69) is 4.98 Å². The smallest absolute Gasteiger partial charge is 0.329 e. The lowest BCUT2D eigenvalue weighted by molar-refractivity contribution is -0.159. The summed E-state index contributed by atoms with van der Waals surface area (Å²) in [6.45, 7) is 5.93. The lowest BCUT2D eigenvalue weighted by Gasteiger charge is -2.47. The van der Waals surface area contributed by atoms with Crippen LogP contribution in [0.15, 0.2) is 12.1 Å². The second-order valence-electron chi connectivity index (χ2n) is 5.38. The van der Waals surface area contributed by atoms with Gasteiger partial charge in [0.15, 0.2) is 0 Å². The Bertz CT molecular complexity index is 550. The molecule has 1 N–H and O–H groups in total. The van der Waals surface area contributed by atoms with Crippen LogP contribution in [-0.4, -0.2) is 52.2 Å². The molecule has 1 amide bonds. The number of aromatic nitrogens is 1. The van der Waals surface area contributed by atoms with Crippen molar-refractivity contribution >= 4 is 11.9 Å². The molecular weight excluding hydrogens is 260 g/mol. The molecule has 1 saturated heterocycles. The molecule has 0 bridgehead atoms. The van der Waals surface area contributed by atoms with Crippen molar-refractivity contribution in [1.29, 1.82) is 0 Å². The summed E-state index contributed by atoms with van der Waals surface area (Å²) in [6, 6.07) is 3.58. The first-order valence-corrected chi connectivity index (χ1v) is 6.40. The molecule has 6 nitrogen and oxygen atoms in total. The fourth-order valence-electron chi connectivity index (χ4n) is 2.31. The van der Waals surface area contributed by atoms with Gasteiger partial charge in [-0.2, -0.15) is 0 Å². The van der Waals surface area contributed by atoms with E-state index in [0.717, 1.165) is 5.69 Å². The van der Waals surface area contributed by atoms with Gasteiger partial charge in [-0.05, 0) is 32.9 Å². The van der Waals surface area contributed by atoms with E-state index in [-0.39, 0.29) is 12.5 Å². The minimum Gasteiger partial charge on any atom is -0.480 e. The Kier molecular flexibility index (Phi) is 3.76. The Morgan fingerprint density at radius 2 is 2.05 bits per heavy atom. The zero-order chi connectivity index (χ0) is 14.9. The van der Waals surface area contributed by atoms with Gasteiger partial charge >= 0.3 is 5.97 Å². The number of carboxylic acid groups (broad SMARTS) is 1. The van der Waals surface area contributed by atoms with Crippen molar-refractivity contribution in [3.63, 3.8) is 0 Å². The molecule has 1 fully saturated rings. The standard InChI is InChI=1S/C14H18N2O4/c1-9-4-5-11(10(2)15-9)13(19)16-7-14(3,8-16)20-6-12(17)18/h4-5H,6-8H2,1-3H3,(H,17,18). The summed E-state index contributed by atoms with van der Waals surface area (Å²) in [5, 5.41) is 8.60. The van der Waals surface area contributed by atoms with Gasteiger partial charge in [0, 0.05) is 5.69 Å². The molecule has 0 aromatic carbocycles. The van der Waals surface area contributed by atoms with E-state index < -0.39 is 11.6 Å². The number of carbonyl (C=O) groups is 2. The summed E-state index contributed by atoms with van der Waals surface area (Å²) in [5.41, 5.74) is 1.59. The number of ether oxygens (including phenoxy) is 1. The summed E-state index contributed by atoms with van der Waals surface area (Å²) < 4.78 is 5.28. The van der Waals surface area contributed by atoms with E-state index in [1.165, 1.54) is 0 Å². The van der Waals surface area contributed by atoms with E-state index in [1.54, 1.807) is 30.9 Å². The minimum absolute atomic E-state index is 0.0913. The number of carbonyl (C=O) groups excluding carboxylic acids is 1. The topological polar surface area (TPSA) is 79.7 Å². The van der Waals surface area contributed by atoms with Crippen LogP contribution in [0.5, 0.6) is 0 Å². The molecule has 1 aliphatic rings. The van der Waals surface area contributed by atoms with E-state index in [0.29, 0.717) is 24.3 Å². The second-order valence-corrected chi connectivity index (χ2v) is 5.38.